The largest absolute Gasteiger partial charge is 0.393 e. The molecule has 0 aromatic carbocycles. The van der Waals surface area contributed by atoms with Crippen LogP contribution < -0.4 is 0 Å². The van der Waals surface area contributed by atoms with Gasteiger partial charge in [0.1, 0.15) is 0 Å². The van der Waals surface area contributed by atoms with Crippen LogP contribution in [-0.2, 0) is 33.4 Å². The molecule has 0 N–H and O–H groups in total. The van der Waals surface area contributed by atoms with Crippen molar-refractivity contribution >= 4 is 23.9 Å². The lowest BCUT2D eigenvalue weighted by Gasteiger charge is -2.46. The molecule has 0 amide bonds. The Morgan fingerprint density at radius 1 is 0.579 bits per heavy atom. The van der Waals surface area contributed by atoms with Crippen molar-refractivity contribution in [3.63, 3.8) is 0 Å². The molecule has 2 bridgehead atoms. The lowest BCUT2D eigenvalue weighted by Crippen LogP contribution is -2.58. The van der Waals surface area contributed by atoms with Crippen molar-refractivity contribution in [1.82, 2.24) is 0 Å². The van der Waals surface area contributed by atoms with Crippen molar-refractivity contribution < 1.29 is 33.4 Å². The zero-order chi connectivity index (χ0) is 13.0. The van der Waals surface area contributed by atoms with Crippen LogP contribution >= 0.6 is 0 Å². The fourth-order valence-electron chi connectivity index (χ4n) is 4.72. The highest BCUT2D eigenvalue weighted by atomic mass is 16.6. The molecular formula is C12H8O7. The number of hydrogen-bond donors (Lipinski definition) is 0. The summed E-state index contributed by atoms with van der Waals surface area (Å²) >= 11 is 0. The molecule has 0 spiro atoms. The monoisotopic (exact) mass is 264 g/mol. The molecule has 0 radical (unpaired) electrons. The van der Waals surface area contributed by atoms with Gasteiger partial charge in [0.15, 0.2) is 0 Å². The third-order valence-electron chi connectivity index (χ3n) is 5.32. The molecule has 19 heavy (non-hydrogen) atoms. The van der Waals surface area contributed by atoms with Crippen LogP contribution in [0.1, 0.15) is 0 Å². The summed E-state index contributed by atoms with van der Waals surface area (Å²) in [6.45, 7) is 0. The molecule has 5 fully saturated rings. The van der Waals surface area contributed by atoms with Gasteiger partial charge in [-0.3, -0.25) is 19.2 Å². The smallest absolute Gasteiger partial charge is 0.320 e. The van der Waals surface area contributed by atoms with Gasteiger partial charge in [0, 0.05) is 11.8 Å². The third kappa shape index (κ3) is 0.850. The number of esters is 4. The molecule has 0 aromatic heterocycles. The first-order chi connectivity index (χ1) is 9.09. The van der Waals surface area contributed by atoms with Crippen molar-refractivity contribution in [2.45, 2.75) is 12.2 Å². The highest BCUT2D eigenvalue weighted by molar-refractivity contribution is 6.01. The highest BCUT2D eigenvalue weighted by Gasteiger charge is 2.79. The fourth-order valence-corrected chi connectivity index (χ4v) is 4.72. The molecular weight excluding hydrogens is 256 g/mol. The lowest BCUT2D eigenvalue weighted by molar-refractivity contribution is -0.158. The highest BCUT2D eigenvalue weighted by Crippen LogP contribution is 2.66. The minimum atomic E-state index is -0.608. The predicted molar refractivity (Wildman–Crippen MR) is 51.8 cm³/mol. The zero-order valence-corrected chi connectivity index (χ0v) is 9.48. The van der Waals surface area contributed by atoms with Crippen molar-refractivity contribution in [2.24, 2.45) is 35.5 Å². The number of ether oxygens (including phenoxy) is 3. The van der Waals surface area contributed by atoms with E-state index < -0.39 is 59.8 Å². The van der Waals surface area contributed by atoms with Gasteiger partial charge in [-0.1, -0.05) is 0 Å². The second kappa shape index (κ2) is 2.72. The van der Waals surface area contributed by atoms with E-state index in [0.29, 0.717) is 0 Å². The van der Waals surface area contributed by atoms with E-state index in [1.807, 2.05) is 0 Å². The summed E-state index contributed by atoms with van der Waals surface area (Å²) in [5.41, 5.74) is 0. The lowest BCUT2D eigenvalue weighted by atomic mass is 9.49. The molecule has 7 heteroatoms. The second-order valence-electron chi connectivity index (χ2n) is 5.80. The predicted octanol–water partition coefficient (Wildman–Crippen LogP) is -1.35. The summed E-state index contributed by atoms with van der Waals surface area (Å²) in [7, 11) is 0. The third-order valence-corrected chi connectivity index (χ3v) is 5.32. The fraction of sp³-hybridized carbons (Fsp3) is 0.667. The molecule has 8 atom stereocenters. The molecule has 4 aliphatic heterocycles. The van der Waals surface area contributed by atoms with Gasteiger partial charge in [0.25, 0.3) is 0 Å². The minimum Gasteiger partial charge on any atom is -0.393 e. The molecule has 98 valence electrons. The van der Waals surface area contributed by atoms with Crippen LogP contribution in [0.15, 0.2) is 0 Å². The normalized spacial score (nSPS) is 56.4. The Labute approximate surface area is 106 Å². The number of cyclic esters (lactones) is 4. The average Bonchev–Trinajstić information content (AvgIpc) is 2.92. The summed E-state index contributed by atoms with van der Waals surface area (Å²) < 4.78 is 15.0. The van der Waals surface area contributed by atoms with E-state index in [9.17, 15) is 19.2 Å². The van der Waals surface area contributed by atoms with Gasteiger partial charge in [0.2, 0.25) is 0 Å². The van der Waals surface area contributed by atoms with Crippen LogP contribution in [0.3, 0.4) is 0 Å². The van der Waals surface area contributed by atoms with E-state index in [0.717, 1.165) is 0 Å². The van der Waals surface area contributed by atoms with Gasteiger partial charge in [-0.05, 0) is 0 Å². The maximum Gasteiger partial charge on any atom is 0.320 e. The molecule has 0 aromatic rings. The Morgan fingerprint density at radius 3 is 1.37 bits per heavy atom. The Hall–Kier alpha value is -1.76. The first-order valence-electron chi connectivity index (χ1n) is 6.26. The van der Waals surface area contributed by atoms with Crippen LogP contribution in [0.4, 0.5) is 0 Å². The number of hydrogen-bond acceptors (Lipinski definition) is 7. The zero-order valence-electron chi connectivity index (χ0n) is 9.48. The summed E-state index contributed by atoms with van der Waals surface area (Å²) in [6.07, 6.45) is -0.975. The molecule has 5 aliphatic rings. The topological polar surface area (TPSA) is 96.0 Å². The molecule has 5 rings (SSSR count). The first-order valence-corrected chi connectivity index (χ1v) is 6.26. The maximum atomic E-state index is 11.7. The van der Waals surface area contributed by atoms with Gasteiger partial charge < -0.3 is 14.2 Å². The SMILES string of the molecule is O=C1OC(=O)C2C3OC(C12)C1C2C(=O)OC(=O)C2C31. The second-order valence-corrected chi connectivity index (χ2v) is 5.80. The van der Waals surface area contributed by atoms with Gasteiger partial charge in [-0.25, -0.2) is 0 Å². The van der Waals surface area contributed by atoms with Gasteiger partial charge in [0.05, 0.1) is 35.9 Å². The number of carbonyl (C=O) groups is 4. The van der Waals surface area contributed by atoms with Crippen LogP contribution in [0, 0.1) is 35.5 Å². The number of carbonyl (C=O) groups excluding carboxylic acids is 4. The Morgan fingerprint density at radius 2 is 0.947 bits per heavy atom. The van der Waals surface area contributed by atoms with E-state index in [-0.39, 0.29) is 11.8 Å². The number of rotatable bonds is 0. The Bertz CT molecular complexity index is 529. The summed E-state index contributed by atoms with van der Waals surface area (Å²) in [5.74, 6) is -4.78. The molecule has 1 aliphatic carbocycles. The number of fused-ring (bicyclic) bond motifs is 11. The molecule has 4 saturated heterocycles. The quantitative estimate of drug-likeness (QED) is 0.303. The average molecular weight is 264 g/mol. The summed E-state index contributed by atoms with van der Waals surface area (Å²) in [4.78, 5) is 46.6. The molecule has 8 unspecified atom stereocenters. The van der Waals surface area contributed by atoms with Crippen molar-refractivity contribution in [3.8, 4) is 0 Å². The van der Waals surface area contributed by atoms with E-state index in [1.54, 1.807) is 0 Å². The van der Waals surface area contributed by atoms with E-state index in [1.165, 1.54) is 0 Å². The Balaban J connectivity index is 1.59. The maximum absolute atomic E-state index is 11.7. The first kappa shape index (κ1) is 10.1. The summed E-state index contributed by atoms with van der Waals surface area (Å²) in [5, 5.41) is 0. The summed E-state index contributed by atoms with van der Waals surface area (Å²) in [6, 6.07) is 0. The minimum absolute atomic E-state index is 0.186. The van der Waals surface area contributed by atoms with Gasteiger partial charge >= 0.3 is 23.9 Å². The van der Waals surface area contributed by atoms with Crippen molar-refractivity contribution in [1.29, 1.82) is 0 Å². The van der Waals surface area contributed by atoms with Crippen molar-refractivity contribution in [3.05, 3.63) is 0 Å². The van der Waals surface area contributed by atoms with Crippen LogP contribution in [0.25, 0.3) is 0 Å². The molecule has 4 heterocycles. The van der Waals surface area contributed by atoms with E-state index in [4.69, 9.17) is 4.74 Å². The van der Waals surface area contributed by atoms with E-state index >= 15 is 0 Å². The Kier molecular flexibility index (Phi) is 1.44. The van der Waals surface area contributed by atoms with Crippen molar-refractivity contribution in [2.75, 3.05) is 0 Å². The standard InChI is InChI=1S/C12H8O7/c13-9-3-1-2(4(3)10(14)18-9)8-6-5(7(1)17-8)11(15)19-12(6)16/h1-8H. The van der Waals surface area contributed by atoms with Crippen LogP contribution in [0.2, 0.25) is 0 Å². The van der Waals surface area contributed by atoms with Gasteiger partial charge in [-0.2, -0.15) is 0 Å². The van der Waals surface area contributed by atoms with E-state index in [2.05, 4.69) is 9.47 Å². The molecule has 1 saturated carbocycles. The van der Waals surface area contributed by atoms with Crippen LogP contribution in [0.5, 0.6) is 0 Å². The van der Waals surface area contributed by atoms with Crippen LogP contribution in [-0.4, -0.2) is 36.1 Å². The molecule has 7 nitrogen and oxygen atoms in total. The van der Waals surface area contributed by atoms with Gasteiger partial charge in [-0.15, -0.1) is 0 Å².